The molecule has 0 aliphatic carbocycles. The zero-order valence-electron chi connectivity index (χ0n) is 16.7. The van der Waals surface area contributed by atoms with E-state index >= 15 is 0 Å². The van der Waals surface area contributed by atoms with Gasteiger partial charge < -0.3 is 14.7 Å². The molecular formula is C21H32N2O4. The number of hydrogen-bond acceptors (Lipinski definition) is 4. The predicted molar refractivity (Wildman–Crippen MR) is 105 cm³/mol. The summed E-state index contributed by atoms with van der Waals surface area (Å²) in [7, 11) is 1.84. The number of rotatable bonds is 8. The molecule has 2 rings (SSSR count). The number of nitrogens with zero attached hydrogens (tertiary/aromatic N) is 2. The van der Waals surface area contributed by atoms with Crippen molar-refractivity contribution in [3.63, 3.8) is 0 Å². The van der Waals surface area contributed by atoms with Crippen LogP contribution in [0.25, 0.3) is 0 Å². The molecule has 1 amide bonds. The number of aliphatic carboxylic acids is 1. The average molecular weight is 376 g/mol. The molecule has 150 valence electrons. The lowest BCUT2D eigenvalue weighted by Gasteiger charge is -2.25. The SMILES string of the molecule is CC[C@H](C)c1ccccc1OCC(=O)N1CCC[C@H](N(C)CC(=O)O)CC1. The average Bonchev–Trinajstić information content (AvgIpc) is 2.91. The Morgan fingerprint density at radius 2 is 2.04 bits per heavy atom. The molecule has 1 fully saturated rings. The van der Waals surface area contributed by atoms with Crippen LogP contribution in [0.15, 0.2) is 24.3 Å². The lowest BCUT2D eigenvalue weighted by Crippen LogP contribution is -2.38. The van der Waals surface area contributed by atoms with E-state index in [-0.39, 0.29) is 25.1 Å². The van der Waals surface area contributed by atoms with E-state index in [2.05, 4.69) is 19.9 Å². The van der Waals surface area contributed by atoms with Crippen molar-refractivity contribution in [1.29, 1.82) is 0 Å². The van der Waals surface area contributed by atoms with Crippen molar-refractivity contribution in [1.82, 2.24) is 9.80 Å². The zero-order valence-corrected chi connectivity index (χ0v) is 16.7. The molecule has 1 saturated heterocycles. The smallest absolute Gasteiger partial charge is 0.317 e. The molecule has 1 heterocycles. The van der Waals surface area contributed by atoms with Crippen LogP contribution in [-0.4, -0.2) is 66.1 Å². The molecule has 27 heavy (non-hydrogen) atoms. The molecule has 0 spiro atoms. The van der Waals surface area contributed by atoms with Crippen LogP contribution in [0.2, 0.25) is 0 Å². The third-order valence-electron chi connectivity index (χ3n) is 5.47. The number of ether oxygens (including phenoxy) is 1. The second-order valence-electron chi connectivity index (χ2n) is 7.41. The first-order valence-corrected chi connectivity index (χ1v) is 9.83. The van der Waals surface area contributed by atoms with Gasteiger partial charge in [-0.2, -0.15) is 0 Å². The Balaban J connectivity index is 1.89. The number of carbonyl (C=O) groups excluding carboxylic acids is 1. The molecule has 2 atom stereocenters. The van der Waals surface area contributed by atoms with Crippen molar-refractivity contribution < 1.29 is 19.4 Å². The van der Waals surface area contributed by atoms with Crippen LogP contribution in [0, 0.1) is 0 Å². The van der Waals surface area contributed by atoms with Gasteiger partial charge in [0.05, 0.1) is 6.54 Å². The molecule has 1 aliphatic rings. The summed E-state index contributed by atoms with van der Waals surface area (Å²) in [6.07, 6.45) is 3.60. The van der Waals surface area contributed by atoms with Crippen LogP contribution < -0.4 is 4.74 Å². The Labute approximate surface area is 162 Å². The number of likely N-dealkylation sites (N-methyl/N-ethyl adjacent to an activating group) is 1. The Kier molecular flexibility index (Phi) is 8.10. The lowest BCUT2D eigenvalue weighted by atomic mass is 9.98. The number of para-hydroxylation sites is 1. The van der Waals surface area contributed by atoms with Crippen LogP contribution in [0.3, 0.4) is 0 Å². The number of benzene rings is 1. The molecule has 1 aromatic rings. The number of likely N-dealkylation sites (tertiary alicyclic amines) is 1. The fourth-order valence-electron chi connectivity index (χ4n) is 3.58. The fourth-order valence-corrected chi connectivity index (χ4v) is 3.58. The maximum Gasteiger partial charge on any atom is 0.317 e. The van der Waals surface area contributed by atoms with Crippen LogP contribution in [-0.2, 0) is 9.59 Å². The van der Waals surface area contributed by atoms with Gasteiger partial charge in [-0.05, 0) is 50.3 Å². The normalized spacial score (nSPS) is 18.8. The minimum absolute atomic E-state index is 0.00417. The van der Waals surface area contributed by atoms with Crippen molar-refractivity contribution in [2.45, 2.75) is 51.5 Å². The first kappa shape index (κ1) is 21.2. The lowest BCUT2D eigenvalue weighted by molar-refractivity contribution is -0.138. The van der Waals surface area contributed by atoms with Gasteiger partial charge in [-0.15, -0.1) is 0 Å². The summed E-state index contributed by atoms with van der Waals surface area (Å²) in [5.41, 5.74) is 1.14. The summed E-state index contributed by atoms with van der Waals surface area (Å²) >= 11 is 0. The summed E-state index contributed by atoms with van der Waals surface area (Å²) in [5.74, 6) is 0.354. The van der Waals surface area contributed by atoms with Crippen molar-refractivity contribution in [3.8, 4) is 5.75 Å². The van der Waals surface area contributed by atoms with E-state index < -0.39 is 5.97 Å². The highest BCUT2D eigenvalue weighted by Crippen LogP contribution is 2.28. The molecule has 0 unspecified atom stereocenters. The zero-order chi connectivity index (χ0) is 19.8. The van der Waals surface area contributed by atoms with Crippen molar-refractivity contribution in [2.24, 2.45) is 0 Å². The molecule has 1 N–H and O–H groups in total. The van der Waals surface area contributed by atoms with Gasteiger partial charge in [-0.25, -0.2) is 0 Å². The molecule has 0 aromatic heterocycles. The van der Waals surface area contributed by atoms with Crippen LogP contribution >= 0.6 is 0 Å². The highest BCUT2D eigenvalue weighted by atomic mass is 16.5. The largest absolute Gasteiger partial charge is 0.483 e. The summed E-state index contributed by atoms with van der Waals surface area (Å²) < 4.78 is 5.86. The maximum absolute atomic E-state index is 12.6. The third-order valence-corrected chi connectivity index (χ3v) is 5.47. The van der Waals surface area contributed by atoms with Gasteiger partial charge in [-0.3, -0.25) is 14.5 Å². The van der Waals surface area contributed by atoms with E-state index in [0.717, 1.165) is 37.0 Å². The van der Waals surface area contributed by atoms with E-state index in [1.165, 1.54) is 0 Å². The molecule has 0 bridgehead atoms. The number of carboxylic acids is 1. The maximum atomic E-state index is 12.6. The Hall–Kier alpha value is -2.08. The second kappa shape index (κ2) is 10.3. The fraction of sp³-hybridized carbons (Fsp3) is 0.619. The summed E-state index contributed by atoms with van der Waals surface area (Å²) in [6, 6.07) is 8.11. The molecule has 6 heteroatoms. The quantitative estimate of drug-likeness (QED) is 0.755. The van der Waals surface area contributed by atoms with E-state index in [1.807, 2.05) is 35.0 Å². The third kappa shape index (κ3) is 6.24. The highest BCUT2D eigenvalue weighted by Gasteiger charge is 2.24. The second-order valence-corrected chi connectivity index (χ2v) is 7.41. The molecule has 1 aromatic carbocycles. The molecule has 0 radical (unpaired) electrons. The van der Waals surface area contributed by atoms with E-state index in [0.29, 0.717) is 19.0 Å². The molecular weight excluding hydrogens is 344 g/mol. The van der Waals surface area contributed by atoms with Crippen LogP contribution in [0.1, 0.15) is 51.0 Å². The summed E-state index contributed by atoms with van der Waals surface area (Å²) in [5, 5.41) is 8.96. The summed E-state index contributed by atoms with van der Waals surface area (Å²) in [4.78, 5) is 27.2. The van der Waals surface area contributed by atoms with Crippen molar-refractivity contribution in [2.75, 3.05) is 33.3 Å². The Morgan fingerprint density at radius 3 is 2.74 bits per heavy atom. The van der Waals surface area contributed by atoms with E-state index in [4.69, 9.17) is 9.84 Å². The van der Waals surface area contributed by atoms with E-state index in [1.54, 1.807) is 0 Å². The van der Waals surface area contributed by atoms with Gasteiger partial charge in [0.25, 0.3) is 5.91 Å². The van der Waals surface area contributed by atoms with Crippen molar-refractivity contribution in [3.05, 3.63) is 29.8 Å². The Bertz CT molecular complexity index is 634. The summed E-state index contributed by atoms with van der Waals surface area (Å²) in [6.45, 7) is 5.72. The topological polar surface area (TPSA) is 70.1 Å². The van der Waals surface area contributed by atoms with Crippen LogP contribution in [0.4, 0.5) is 0 Å². The van der Waals surface area contributed by atoms with Gasteiger partial charge in [0.2, 0.25) is 0 Å². The van der Waals surface area contributed by atoms with Gasteiger partial charge in [0.1, 0.15) is 5.75 Å². The van der Waals surface area contributed by atoms with Crippen molar-refractivity contribution >= 4 is 11.9 Å². The first-order valence-electron chi connectivity index (χ1n) is 9.83. The highest BCUT2D eigenvalue weighted by molar-refractivity contribution is 5.77. The number of carbonyl (C=O) groups is 2. The number of amides is 1. The minimum atomic E-state index is -0.817. The Morgan fingerprint density at radius 1 is 1.30 bits per heavy atom. The number of hydrogen-bond donors (Lipinski definition) is 1. The van der Waals surface area contributed by atoms with Crippen LogP contribution in [0.5, 0.6) is 5.75 Å². The standard InChI is InChI=1S/C21H32N2O4/c1-4-16(2)18-9-5-6-10-19(18)27-15-20(24)23-12-7-8-17(11-13-23)22(3)14-21(25)26/h5-6,9-10,16-17H,4,7-8,11-15H2,1-3H3,(H,25,26)/t16-,17-/m0/s1. The number of carboxylic acid groups (broad SMARTS) is 1. The van der Waals surface area contributed by atoms with Gasteiger partial charge in [0.15, 0.2) is 6.61 Å². The predicted octanol–water partition coefficient (Wildman–Crippen LogP) is 2.98. The molecule has 1 aliphatic heterocycles. The van der Waals surface area contributed by atoms with E-state index in [9.17, 15) is 9.59 Å². The first-order chi connectivity index (χ1) is 12.9. The van der Waals surface area contributed by atoms with Gasteiger partial charge in [0, 0.05) is 19.1 Å². The van der Waals surface area contributed by atoms with Gasteiger partial charge >= 0.3 is 5.97 Å². The minimum Gasteiger partial charge on any atom is -0.483 e. The van der Waals surface area contributed by atoms with Gasteiger partial charge in [-0.1, -0.05) is 32.0 Å². The molecule has 6 nitrogen and oxygen atoms in total. The monoisotopic (exact) mass is 376 g/mol. The molecule has 0 saturated carbocycles.